The van der Waals surface area contributed by atoms with Crippen LogP contribution in [0.2, 0.25) is 0 Å². The predicted octanol–water partition coefficient (Wildman–Crippen LogP) is 3.04. The molecule has 0 fully saturated rings. The fourth-order valence-electron chi connectivity index (χ4n) is 0.950. The third-order valence-corrected chi connectivity index (χ3v) is 1.93. The van der Waals surface area contributed by atoms with Gasteiger partial charge in [-0.25, -0.2) is 4.79 Å². The zero-order valence-electron chi connectivity index (χ0n) is 7.81. The van der Waals surface area contributed by atoms with Gasteiger partial charge < -0.3 is 4.74 Å². The molecule has 14 heavy (non-hydrogen) atoms. The first-order valence-electron chi connectivity index (χ1n) is 4.26. The van der Waals surface area contributed by atoms with Gasteiger partial charge in [0.15, 0.2) is 0 Å². The van der Waals surface area contributed by atoms with Gasteiger partial charge in [-0.05, 0) is 6.92 Å². The molecule has 0 radical (unpaired) electrons. The molecule has 0 amide bonds. The molecule has 1 rings (SSSR count). The van der Waals surface area contributed by atoms with Gasteiger partial charge in [0, 0.05) is 11.6 Å². The molecule has 1 unspecified atom stereocenters. The molecule has 2 nitrogen and oxygen atoms in total. The van der Waals surface area contributed by atoms with Crippen LogP contribution in [0.3, 0.4) is 0 Å². The van der Waals surface area contributed by atoms with E-state index >= 15 is 0 Å². The Bertz CT molecular complexity index is 319. The first-order chi connectivity index (χ1) is 6.74. The van der Waals surface area contributed by atoms with Gasteiger partial charge in [-0.2, -0.15) is 0 Å². The number of hydrogen-bond acceptors (Lipinski definition) is 2. The molecule has 0 heterocycles. The molecule has 0 saturated heterocycles. The Morgan fingerprint density at radius 1 is 1.43 bits per heavy atom. The van der Waals surface area contributed by atoms with Gasteiger partial charge in [-0.1, -0.05) is 48.0 Å². The SMILES string of the molecule is CC=CC(=O)OC(Cl)c1ccccc1. The van der Waals surface area contributed by atoms with E-state index in [0.29, 0.717) is 0 Å². The van der Waals surface area contributed by atoms with Gasteiger partial charge in [0.25, 0.3) is 0 Å². The zero-order chi connectivity index (χ0) is 10.4. The molecular formula is C11H11ClO2. The zero-order valence-corrected chi connectivity index (χ0v) is 8.57. The van der Waals surface area contributed by atoms with Crippen molar-refractivity contribution in [1.82, 2.24) is 0 Å². The first-order valence-corrected chi connectivity index (χ1v) is 4.70. The maximum Gasteiger partial charge on any atom is 0.332 e. The topological polar surface area (TPSA) is 26.3 Å². The standard InChI is InChI=1S/C11H11ClO2/c1-2-6-10(13)14-11(12)9-7-4-3-5-8-9/h2-8,11H,1H3. The molecule has 1 aromatic rings. The van der Waals surface area contributed by atoms with E-state index in [2.05, 4.69) is 0 Å². The predicted molar refractivity (Wildman–Crippen MR) is 55.9 cm³/mol. The van der Waals surface area contributed by atoms with E-state index in [1.54, 1.807) is 25.1 Å². The lowest BCUT2D eigenvalue weighted by molar-refractivity contribution is -0.139. The minimum absolute atomic E-state index is 0.434. The van der Waals surface area contributed by atoms with Crippen LogP contribution in [-0.2, 0) is 9.53 Å². The Hall–Kier alpha value is -1.28. The van der Waals surface area contributed by atoms with Crippen molar-refractivity contribution in [3.63, 3.8) is 0 Å². The van der Waals surface area contributed by atoms with Crippen molar-refractivity contribution >= 4 is 17.6 Å². The molecule has 1 atom stereocenters. The summed E-state index contributed by atoms with van der Waals surface area (Å²) in [4.78, 5) is 11.0. The van der Waals surface area contributed by atoms with Gasteiger partial charge in [0.05, 0.1) is 0 Å². The third-order valence-electron chi connectivity index (χ3n) is 1.58. The second kappa shape index (κ2) is 5.45. The van der Waals surface area contributed by atoms with Crippen LogP contribution in [0.5, 0.6) is 0 Å². The minimum Gasteiger partial charge on any atom is -0.438 e. The van der Waals surface area contributed by atoms with Gasteiger partial charge in [0.1, 0.15) is 0 Å². The van der Waals surface area contributed by atoms with Crippen molar-refractivity contribution in [1.29, 1.82) is 0 Å². The van der Waals surface area contributed by atoms with Crippen LogP contribution in [-0.4, -0.2) is 5.97 Å². The molecule has 1 aromatic carbocycles. The first kappa shape index (κ1) is 10.8. The Morgan fingerprint density at radius 3 is 2.64 bits per heavy atom. The van der Waals surface area contributed by atoms with E-state index in [1.807, 2.05) is 18.2 Å². The maximum absolute atomic E-state index is 11.0. The number of esters is 1. The summed E-state index contributed by atoms with van der Waals surface area (Å²) in [6.07, 6.45) is 2.94. The van der Waals surface area contributed by atoms with Crippen molar-refractivity contribution in [3.8, 4) is 0 Å². The maximum atomic E-state index is 11.0. The number of benzene rings is 1. The van der Waals surface area contributed by atoms with Crippen molar-refractivity contribution in [2.24, 2.45) is 0 Å². The summed E-state index contributed by atoms with van der Waals surface area (Å²) in [6.45, 7) is 1.74. The number of allylic oxidation sites excluding steroid dienone is 1. The Kier molecular flexibility index (Phi) is 4.20. The largest absolute Gasteiger partial charge is 0.438 e. The monoisotopic (exact) mass is 210 g/mol. The van der Waals surface area contributed by atoms with Gasteiger partial charge in [0.2, 0.25) is 5.56 Å². The second-order valence-corrected chi connectivity index (χ2v) is 3.06. The highest BCUT2D eigenvalue weighted by Gasteiger charge is 2.10. The van der Waals surface area contributed by atoms with Crippen LogP contribution in [0.25, 0.3) is 0 Å². The summed E-state index contributed by atoms with van der Waals surface area (Å²) in [5, 5.41) is 0. The van der Waals surface area contributed by atoms with Crippen molar-refractivity contribution in [3.05, 3.63) is 48.0 Å². The number of alkyl halides is 1. The van der Waals surface area contributed by atoms with Gasteiger partial charge in [-0.15, -0.1) is 0 Å². The van der Waals surface area contributed by atoms with Crippen molar-refractivity contribution in [2.45, 2.75) is 12.5 Å². The molecule has 0 aromatic heterocycles. The molecule has 3 heteroatoms. The molecule has 0 aliphatic carbocycles. The van der Waals surface area contributed by atoms with Crippen molar-refractivity contribution < 1.29 is 9.53 Å². The lowest BCUT2D eigenvalue weighted by Gasteiger charge is -2.09. The Labute approximate surface area is 88.1 Å². The molecule has 74 valence electrons. The van der Waals surface area contributed by atoms with E-state index in [1.165, 1.54) is 6.08 Å². The lowest BCUT2D eigenvalue weighted by Crippen LogP contribution is -2.03. The number of rotatable bonds is 3. The highest BCUT2D eigenvalue weighted by atomic mass is 35.5. The van der Waals surface area contributed by atoms with Gasteiger partial charge >= 0.3 is 5.97 Å². The quantitative estimate of drug-likeness (QED) is 0.436. The Morgan fingerprint density at radius 2 is 2.07 bits per heavy atom. The Balaban J connectivity index is 2.59. The number of halogens is 1. The number of carbonyl (C=O) groups excluding carboxylic acids is 1. The normalized spacial score (nSPS) is 12.7. The van der Waals surface area contributed by atoms with E-state index < -0.39 is 11.5 Å². The molecule has 0 saturated carbocycles. The third kappa shape index (κ3) is 3.23. The van der Waals surface area contributed by atoms with E-state index in [9.17, 15) is 4.79 Å². The van der Waals surface area contributed by atoms with E-state index in [0.717, 1.165) is 5.56 Å². The van der Waals surface area contributed by atoms with Crippen LogP contribution in [0.4, 0.5) is 0 Å². The minimum atomic E-state index is -0.722. The number of hydrogen-bond donors (Lipinski definition) is 0. The van der Waals surface area contributed by atoms with E-state index in [4.69, 9.17) is 16.3 Å². The molecule has 0 spiro atoms. The average Bonchev–Trinajstić information content (AvgIpc) is 2.19. The average molecular weight is 211 g/mol. The molecule has 0 N–H and O–H groups in total. The second-order valence-electron chi connectivity index (χ2n) is 2.66. The van der Waals surface area contributed by atoms with Crippen LogP contribution in [0.1, 0.15) is 18.1 Å². The molecule has 0 aliphatic rings. The number of carbonyl (C=O) groups is 1. The fourth-order valence-corrected chi connectivity index (χ4v) is 1.18. The van der Waals surface area contributed by atoms with E-state index in [-0.39, 0.29) is 0 Å². The van der Waals surface area contributed by atoms with Crippen molar-refractivity contribution in [2.75, 3.05) is 0 Å². The van der Waals surface area contributed by atoms with Crippen LogP contribution in [0.15, 0.2) is 42.5 Å². The smallest absolute Gasteiger partial charge is 0.332 e. The highest BCUT2D eigenvalue weighted by Crippen LogP contribution is 2.21. The summed E-state index contributed by atoms with van der Waals surface area (Å²) in [7, 11) is 0. The van der Waals surface area contributed by atoms with Crippen LogP contribution < -0.4 is 0 Å². The summed E-state index contributed by atoms with van der Waals surface area (Å²) < 4.78 is 4.92. The van der Waals surface area contributed by atoms with Crippen LogP contribution >= 0.6 is 11.6 Å². The summed E-state index contributed by atoms with van der Waals surface area (Å²) >= 11 is 5.86. The summed E-state index contributed by atoms with van der Waals surface area (Å²) in [5.74, 6) is -0.434. The summed E-state index contributed by atoms with van der Waals surface area (Å²) in [5.41, 5.74) is 0.0481. The molecule has 0 aliphatic heterocycles. The van der Waals surface area contributed by atoms with Gasteiger partial charge in [-0.3, -0.25) is 0 Å². The molecular weight excluding hydrogens is 200 g/mol. The van der Waals surface area contributed by atoms with Crippen LogP contribution in [0, 0.1) is 0 Å². The fraction of sp³-hybridized carbons (Fsp3) is 0.182. The number of ether oxygens (including phenoxy) is 1. The molecule has 0 bridgehead atoms. The summed E-state index contributed by atoms with van der Waals surface area (Å²) in [6, 6.07) is 9.17. The lowest BCUT2D eigenvalue weighted by atomic mass is 10.2. The highest BCUT2D eigenvalue weighted by molar-refractivity contribution is 6.20.